The maximum absolute atomic E-state index is 11.4. The number of nitrogens with zero attached hydrogens (tertiary/aromatic N) is 2. The van der Waals surface area contributed by atoms with Crippen LogP contribution in [-0.2, 0) is 16.6 Å². The molecule has 28 heavy (non-hydrogen) atoms. The Kier molecular flexibility index (Phi) is 7.39. The van der Waals surface area contributed by atoms with Crippen LogP contribution in [0.2, 0.25) is 0 Å². The van der Waals surface area contributed by atoms with E-state index in [0.29, 0.717) is 12.5 Å². The summed E-state index contributed by atoms with van der Waals surface area (Å²) in [7, 11) is -3.64. The molecule has 152 valence electrons. The maximum atomic E-state index is 11.4. The molecule has 1 saturated heterocycles. The summed E-state index contributed by atoms with van der Waals surface area (Å²) in [4.78, 5) is 9.21. The Bertz CT molecular complexity index is 897. The molecule has 6 nitrogen and oxygen atoms in total. The molecule has 2 aromatic rings. The third kappa shape index (κ3) is 5.97. The topological polar surface area (TPSA) is 87.8 Å². The summed E-state index contributed by atoms with van der Waals surface area (Å²) >= 11 is 3.09. The molecular formula is C19H26N4O2S3. The number of thioether (sulfide) groups is 1. The van der Waals surface area contributed by atoms with Crippen LogP contribution in [0.25, 0.3) is 0 Å². The fraction of sp³-hybridized carbons (Fsp3) is 0.421. The fourth-order valence-electron chi connectivity index (χ4n) is 3.07. The van der Waals surface area contributed by atoms with Gasteiger partial charge in [-0.05, 0) is 43.5 Å². The van der Waals surface area contributed by atoms with Crippen molar-refractivity contribution in [3.05, 3.63) is 47.3 Å². The maximum Gasteiger partial charge on any atom is 0.247 e. The molecule has 1 aliphatic rings. The van der Waals surface area contributed by atoms with E-state index in [1.54, 1.807) is 12.1 Å². The number of thiophene rings is 1. The Morgan fingerprint density at radius 3 is 2.79 bits per heavy atom. The molecule has 3 rings (SSSR count). The lowest BCUT2D eigenvalue weighted by molar-refractivity contribution is 0.474. The summed E-state index contributed by atoms with van der Waals surface area (Å²) in [5.41, 5.74) is 0. The van der Waals surface area contributed by atoms with Crippen LogP contribution in [-0.4, -0.2) is 44.7 Å². The molecule has 0 saturated carbocycles. The van der Waals surface area contributed by atoms with Gasteiger partial charge in [-0.25, -0.2) is 18.5 Å². The number of nitrogens with two attached hydrogens (primary N) is 1. The molecule has 2 heterocycles. The van der Waals surface area contributed by atoms with Crippen LogP contribution < -0.4 is 10.5 Å². The summed E-state index contributed by atoms with van der Waals surface area (Å²) in [6.07, 6.45) is 1.15. The Balaban J connectivity index is 1.57. The van der Waals surface area contributed by atoms with Gasteiger partial charge in [-0.2, -0.15) is 0 Å². The zero-order valence-electron chi connectivity index (χ0n) is 15.9. The van der Waals surface area contributed by atoms with Crippen molar-refractivity contribution < 1.29 is 8.42 Å². The predicted molar refractivity (Wildman–Crippen MR) is 117 cm³/mol. The van der Waals surface area contributed by atoms with Crippen molar-refractivity contribution in [3.8, 4) is 0 Å². The van der Waals surface area contributed by atoms with Crippen molar-refractivity contribution in [2.75, 3.05) is 25.4 Å². The van der Waals surface area contributed by atoms with Crippen LogP contribution in [0.4, 0.5) is 0 Å². The average Bonchev–Trinajstić information content (AvgIpc) is 3.34. The van der Waals surface area contributed by atoms with E-state index in [-0.39, 0.29) is 4.21 Å². The SMILES string of the molecule is CCNC(=NCc1ccc(S(N)(=O)=O)s1)N1CCC(CSc2ccccc2)C1. The van der Waals surface area contributed by atoms with Crippen LogP contribution in [0.1, 0.15) is 18.2 Å². The molecule has 0 spiro atoms. The standard InChI is InChI=1S/C19H26N4O2S3/c1-2-21-19(22-12-17-8-9-18(27-17)28(20,24)25)23-11-10-15(13-23)14-26-16-6-4-3-5-7-16/h3-9,15H,2,10-14H2,1H3,(H,21,22)(H2,20,24,25). The molecule has 0 bridgehead atoms. The number of aliphatic imine (C=N–C) groups is 1. The lowest BCUT2D eigenvalue weighted by Crippen LogP contribution is -2.40. The van der Waals surface area contributed by atoms with Crippen molar-refractivity contribution in [2.24, 2.45) is 16.0 Å². The highest BCUT2D eigenvalue weighted by Crippen LogP contribution is 2.26. The lowest BCUT2D eigenvalue weighted by Gasteiger charge is -2.21. The number of primary sulfonamides is 1. The highest BCUT2D eigenvalue weighted by Gasteiger charge is 2.25. The first-order chi connectivity index (χ1) is 13.5. The molecule has 3 N–H and O–H groups in total. The van der Waals surface area contributed by atoms with Gasteiger partial charge in [-0.1, -0.05) is 18.2 Å². The monoisotopic (exact) mass is 438 g/mol. The third-order valence-electron chi connectivity index (χ3n) is 4.45. The number of guanidine groups is 1. The Morgan fingerprint density at radius 2 is 2.11 bits per heavy atom. The van der Waals surface area contributed by atoms with Crippen LogP contribution >= 0.6 is 23.1 Å². The number of nitrogens with one attached hydrogen (secondary N) is 1. The second-order valence-electron chi connectivity index (χ2n) is 6.66. The van der Waals surface area contributed by atoms with E-state index in [4.69, 9.17) is 10.1 Å². The van der Waals surface area contributed by atoms with Gasteiger partial charge >= 0.3 is 0 Å². The molecule has 1 unspecified atom stereocenters. The third-order valence-corrected chi connectivity index (χ3v) is 8.20. The molecule has 0 aliphatic carbocycles. The molecule has 1 aromatic heterocycles. The first-order valence-electron chi connectivity index (χ1n) is 9.28. The molecule has 1 fully saturated rings. The first kappa shape index (κ1) is 21.2. The molecule has 1 aliphatic heterocycles. The summed E-state index contributed by atoms with van der Waals surface area (Å²) in [6, 6.07) is 13.8. The van der Waals surface area contributed by atoms with Crippen LogP contribution in [0, 0.1) is 5.92 Å². The zero-order chi connectivity index (χ0) is 20.0. The summed E-state index contributed by atoms with van der Waals surface area (Å²) in [5.74, 6) is 2.62. The van der Waals surface area contributed by atoms with E-state index in [2.05, 4.69) is 41.4 Å². The van der Waals surface area contributed by atoms with Crippen molar-refractivity contribution in [1.29, 1.82) is 0 Å². The Morgan fingerprint density at radius 1 is 1.32 bits per heavy atom. The summed E-state index contributed by atoms with van der Waals surface area (Å²) in [5, 5.41) is 8.54. The summed E-state index contributed by atoms with van der Waals surface area (Å²) in [6.45, 7) is 5.27. The molecule has 9 heteroatoms. The first-order valence-corrected chi connectivity index (χ1v) is 12.6. The van der Waals surface area contributed by atoms with E-state index in [9.17, 15) is 8.42 Å². The molecule has 0 amide bonds. The lowest BCUT2D eigenvalue weighted by atomic mass is 10.2. The van der Waals surface area contributed by atoms with Crippen molar-refractivity contribution in [1.82, 2.24) is 10.2 Å². The second kappa shape index (κ2) is 9.78. The minimum absolute atomic E-state index is 0.182. The molecule has 1 aromatic carbocycles. The number of hydrogen-bond acceptors (Lipinski definition) is 5. The van der Waals surface area contributed by atoms with Gasteiger partial charge in [0.05, 0.1) is 6.54 Å². The van der Waals surface area contributed by atoms with Gasteiger partial charge in [0.25, 0.3) is 0 Å². The number of likely N-dealkylation sites (tertiary alicyclic amines) is 1. The number of sulfonamides is 1. The van der Waals surface area contributed by atoms with Gasteiger partial charge in [-0.3, -0.25) is 0 Å². The molecular weight excluding hydrogens is 412 g/mol. The number of hydrogen-bond donors (Lipinski definition) is 2. The van der Waals surface area contributed by atoms with E-state index in [1.165, 1.54) is 16.2 Å². The minimum Gasteiger partial charge on any atom is -0.357 e. The Hall–Kier alpha value is -1.55. The Labute approximate surface area is 175 Å². The highest BCUT2D eigenvalue weighted by atomic mass is 32.2. The highest BCUT2D eigenvalue weighted by molar-refractivity contribution is 7.99. The zero-order valence-corrected chi connectivity index (χ0v) is 18.3. The fourth-order valence-corrected chi connectivity index (χ4v) is 5.82. The van der Waals surface area contributed by atoms with Crippen LogP contribution in [0.15, 0.2) is 56.6 Å². The largest absolute Gasteiger partial charge is 0.357 e. The van der Waals surface area contributed by atoms with Crippen molar-refractivity contribution >= 4 is 39.1 Å². The minimum atomic E-state index is -3.64. The number of rotatable bonds is 7. The van der Waals surface area contributed by atoms with Gasteiger partial charge in [0, 0.05) is 35.2 Å². The predicted octanol–water partition coefficient (Wildman–Crippen LogP) is 2.98. The van der Waals surface area contributed by atoms with Gasteiger partial charge in [0.15, 0.2) is 5.96 Å². The quantitative estimate of drug-likeness (QED) is 0.394. The van der Waals surface area contributed by atoms with Gasteiger partial charge in [-0.15, -0.1) is 23.1 Å². The summed E-state index contributed by atoms with van der Waals surface area (Å²) < 4.78 is 23.0. The van der Waals surface area contributed by atoms with E-state index in [0.717, 1.165) is 42.6 Å². The van der Waals surface area contributed by atoms with Crippen LogP contribution in [0.5, 0.6) is 0 Å². The van der Waals surface area contributed by atoms with E-state index in [1.807, 2.05) is 17.8 Å². The average molecular weight is 439 g/mol. The van der Waals surface area contributed by atoms with E-state index < -0.39 is 10.0 Å². The van der Waals surface area contributed by atoms with Gasteiger partial charge < -0.3 is 10.2 Å². The van der Waals surface area contributed by atoms with Gasteiger partial charge in [0.1, 0.15) is 4.21 Å². The van der Waals surface area contributed by atoms with Crippen LogP contribution in [0.3, 0.4) is 0 Å². The number of benzene rings is 1. The second-order valence-corrected chi connectivity index (χ2v) is 10.7. The van der Waals surface area contributed by atoms with E-state index >= 15 is 0 Å². The van der Waals surface area contributed by atoms with Crippen molar-refractivity contribution in [3.63, 3.8) is 0 Å². The normalized spacial score (nSPS) is 17.9. The van der Waals surface area contributed by atoms with Crippen molar-refractivity contribution in [2.45, 2.75) is 29.0 Å². The molecule has 0 radical (unpaired) electrons. The van der Waals surface area contributed by atoms with Gasteiger partial charge in [0.2, 0.25) is 10.0 Å². The molecule has 1 atom stereocenters. The smallest absolute Gasteiger partial charge is 0.247 e.